The van der Waals surface area contributed by atoms with Crippen molar-refractivity contribution < 1.29 is 18.8 Å². The fourth-order valence-electron chi connectivity index (χ4n) is 5.63. The summed E-state index contributed by atoms with van der Waals surface area (Å²) in [6.45, 7) is 8.51. The summed E-state index contributed by atoms with van der Waals surface area (Å²) >= 11 is 0. The van der Waals surface area contributed by atoms with Crippen LogP contribution in [0.25, 0.3) is 0 Å². The van der Waals surface area contributed by atoms with Gasteiger partial charge in [-0.1, -0.05) is 81.8 Å². The first kappa shape index (κ1) is 26.8. The first-order valence-electron chi connectivity index (χ1n) is 13.3. The van der Waals surface area contributed by atoms with Gasteiger partial charge in [0.15, 0.2) is 0 Å². The molecule has 0 aliphatic carbocycles. The van der Waals surface area contributed by atoms with Gasteiger partial charge in [-0.15, -0.1) is 0 Å². The molecule has 3 amide bonds. The summed E-state index contributed by atoms with van der Waals surface area (Å²) in [4.78, 5) is 42.3. The maximum atomic E-state index is 14.7. The molecule has 2 aliphatic heterocycles. The molecule has 2 aromatic carbocycles. The summed E-state index contributed by atoms with van der Waals surface area (Å²) < 4.78 is 14.7. The van der Waals surface area contributed by atoms with Crippen molar-refractivity contribution in [2.45, 2.75) is 64.7 Å². The number of nitrogens with one attached hydrogen (secondary N) is 1. The molecule has 2 fully saturated rings. The summed E-state index contributed by atoms with van der Waals surface area (Å²) in [6.07, 6.45) is -0.539. The van der Waals surface area contributed by atoms with Gasteiger partial charge < -0.3 is 15.1 Å². The Morgan fingerprint density at radius 2 is 1.57 bits per heavy atom. The van der Waals surface area contributed by atoms with Crippen LogP contribution < -0.4 is 5.32 Å². The smallest absolute Gasteiger partial charge is 0.243 e. The Hall–Kier alpha value is -3.22. The highest BCUT2D eigenvalue weighted by Crippen LogP contribution is 2.32. The molecule has 2 aromatic rings. The molecule has 198 valence electrons. The third kappa shape index (κ3) is 5.86. The second-order valence-electron chi connectivity index (χ2n) is 10.7. The minimum absolute atomic E-state index is 0.00955. The van der Waals surface area contributed by atoms with Crippen LogP contribution in [0.3, 0.4) is 0 Å². The van der Waals surface area contributed by atoms with Gasteiger partial charge >= 0.3 is 0 Å². The number of halogens is 1. The van der Waals surface area contributed by atoms with Crippen molar-refractivity contribution in [3.05, 3.63) is 71.3 Å². The quantitative estimate of drug-likeness (QED) is 0.602. The van der Waals surface area contributed by atoms with Crippen LogP contribution in [0.15, 0.2) is 54.6 Å². The Bertz CT molecular complexity index is 1100. The van der Waals surface area contributed by atoms with Gasteiger partial charge in [-0.05, 0) is 28.5 Å². The van der Waals surface area contributed by atoms with Gasteiger partial charge in [0.25, 0.3) is 0 Å². The lowest BCUT2D eigenvalue weighted by atomic mass is 9.92. The molecule has 1 N–H and O–H groups in total. The highest BCUT2D eigenvalue weighted by Gasteiger charge is 2.46. The molecule has 4 rings (SSSR count). The number of alkyl halides is 1. The summed E-state index contributed by atoms with van der Waals surface area (Å²) in [6, 6.07) is 16.5. The van der Waals surface area contributed by atoms with Crippen molar-refractivity contribution in [1.82, 2.24) is 15.1 Å². The van der Waals surface area contributed by atoms with E-state index in [1.807, 2.05) is 49.4 Å². The predicted molar refractivity (Wildman–Crippen MR) is 141 cm³/mol. The molecule has 0 unspecified atom stereocenters. The van der Waals surface area contributed by atoms with Crippen molar-refractivity contribution >= 4 is 17.7 Å². The van der Waals surface area contributed by atoms with Crippen molar-refractivity contribution in [3.8, 4) is 0 Å². The zero-order valence-electron chi connectivity index (χ0n) is 22.2. The summed E-state index contributed by atoms with van der Waals surface area (Å²) in [5, 5.41) is 3.12. The van der Waals surface area contributed by atoms with Crippen LogP contribution in [0.5, 0.6) is 0 Å². The normalized spacial score (nSPS) is 24.4. The zero-order chi connectivity index (χ0) is 26.7. The molecule has 37 heavy (non-hydrogen) atoms. The van der Waals surface area contributed by atoms with E-state index in [9.17, 15) is 18.8 Å². The Balaban J connectivity index is 1.57. The number of carbonyl (C=O) groups excluding carboxylic acids is 3. The van der Waals surface area contributed by atoms with Crippen LogP contribution in [0.2, 0.25) is 0 Å². The standard InChI is InChI=1S/C30H38FN3O3/c1-5-21-16-33(20(4)35)18-26(21)30(37)34-17-25(31)15-27(34)29(36)32-28(23-9-7-6-8-10-23)24-13-11-22(12-14-24)19(2)3/h6-14,19,21,25-28H,5,15-18H2,1-4H3,(H,32,36)/t21-,25-,26+,27+,28+/m1/s1. The molecular weight excluding hydrogens is 469 g/mol. The van der Waals surface area contributed by atoms with E-state index in [1.54, 1.807) is 4.90 Å². The van der Waals surface area contributed by atoms with Crippen molar-refractivity contribution in [1.29, 1.82) is 0 Å². The minimum atomic E-state index is -1.26. The topological polar surface area (TPSA) is 69.7 Å². The highest BCUT2D eigenvalue weighted by atomic mass is 19.1. The van der Waals surface area contributed by atoms with Gasteiger partial charge in [-0.25, -0.2) is 4.39 Å². The van der Waals surface area contributed by atoms with E-state index in [0.717, 1.165) is 17.5 Å². The van der Waals surface area contributed by atoms with Crippen molar-refractivity contribution in [2.24, 2.45) is 11.8 Å². The number of likely N-dealkylation sites (tertiary alicyclic amines) is 2. The third-order valence-electron chi connectivity index (χ3n) is 7.92. The lowest BCUT2D eigenvalue weighted by Gasteiger charge is -2.30. The van der Waals surface area contributed by atoms with Crippen LogP contribution in [-0.4, -0.2) is 59.4 Å². The summed E-state index contributed by atoms with van der Waals surface area (Å²) in [7, 11) is 0. The summed E-state index contributed by atoms with van der Waals surface area (Å²) in [5.74, 6) is -0.668. The largest absolute Gasteiger partial charge is 0.343 e. The van der Waals surface area contributed by atoms with E-state index in [2.05, 4.69) is 31.3 Å². The molecule has 2 aliphatic rings. The van der Waals surface area contributed by atoms with E-state index in [-0.39, 0.29) is 36.6 Å². The molecule has 2 heterocycles. The van der Waals surface area contributed by atoms with Crippen LogP contribution in [-0.2, 0) is 14.4 Å². The molecule has 5 atom stereocenters. The second kappa shape index (κ2) is 11.4. The fourth-order valence-corrected chi connectivity index (χ4v) is 5.63. The van der Waals surface area contributed by atoms with Gasteiger partial charge in [-0.2, -0.15) is 0 Å². The minimum Gasteiger partial charge on any atom is -0.343 e. The number of nitrogens with zero attached hydrogens (tertiary/aromatic N) is 2. The Morgan fingerprint density at radius 3 is 2.16 bits per heavy atom. The van der Waals surface area contributed by atoms with Crippen LogP contribution in [0.4, 0.5) is 4.39 Å². The first-order valence-corrected chi connectivity index (χ1v) is 13.3. The van der Waals surface area contributed by atoms with Gasteiger partial charge in [-0.3, -0.25) is 14.4 Å². The fraction of sp³-hybridized carbons (Fsp3) is 0.500. The van der Waals surface area contributed by atoms with E-state index in [1.165, 1.54) is 17.4 Å². The second-order valence-corrected chi connectivity index (χ2v) is 10.7. The molecule has 2 saturated heterocycles. The van der Waals surface area contributed by atoms with Gasteiger partial charge in [0, 0.05) is 26.4 Å². The number of benzene rings is 2. The predicted octanol–water partition coefficient (Wildman–Crippen LogP) is 4.46. The van der Waals surface area contributed by atoms with E-state index >= 15 is 0 Å². The maximum Gasteiger partial charge on any atom is 0.243 e. The Kier molecular flexibility index (Phi) is 8.30. The molecule has 0 bridgehead atoms. The number of hydrogen-bond acceptors (Lipinski definition) is 3. The Morgan fingerprint density at radius 1 is 0.946 bits per heavy atom. The lowest BCUT2D eigenvalue weighted by Crippen LogP contribution is -2.49. The average Bonchev–Trinajstić information content (AvgIpc) is 3.51. The van der Waals surface area contributed by atoms with Crippen molar-refractivity contribution in [3.63, 3.8) is 0 Å². The van der Waals surface area contributed by atoms with Gasteiger partial charge in [0.2, 0.25) is 17.7 Å². The monoisotopic (exact) mass is 507 g/mol. The molecule has 0 saturated carbocycles. The van der Waals surface area contributed by atoms with E-state index < -0.39 is 24.2 Å². The van der Waals surface area contributed by atoms with Crippen molar-refractivity contribution in [2.75, 3.05) is 19.6 Å². The maximum absolute atomic E-state index is 14.7. The molecule has 0 aromatic heterocycles. The highest BCUT2D eigenvalue weighted by molar-refractivity contribution is 5.90. The number of hydrogen-bond donors (Lipinski definition) is 1. The molecule has 0 radical (unpaired) electrons. The third-order valence-corrected chi connectivity index (χ3v) is 7.92. The molecule has 0 spiro atoms. The summed E-state index contributed by atoms with van der Waals surface area (Å²) in [5.41, 5.74) is 3.05. The van der Waals surface area contributed by atoms with Crippen LogP contribution in [0.1, 0.15) is 69.2 Å². The number of amides is 3. The Labute approximate surface area is 219 Å². The van der Waals surface area contributed by atoms with Crippen LogP contribution in [0, 0.1) is 11.8 Å². The van der Waals surface area contributed by atoms with Crippen LogP contribution >= 0.6 is 0 Å². The molecular formula is C30H38FN3O3. The van der Waals surface area contributed by atoms with E-state index in [4.69, 9.17) is 0 Å². The first-order chi connectivity index (χ1) is 17.7. The molecule has 6 nitrogen and oxygen atoms in total. The number of rotatable bonds is 7. The molecule has 7 heteroatoms. The SMILES string of the molecule is CC[C@@H]1CN(C(C)=O)C[C@@H]1C(=O)N1C[C@H](F)C[C@H]1C(=O)N[C@@H](c1ccccc1)c1ccc(C(C)C)cc1. The average molecular weight is 508 g/mol. The van der Waals surface area contributed by atoms with Gasteiger partial charge in [0.05, 0.1) is 18.5 Å². The van der Waals surface area contributed by atoms with E-state index in [0.29, 0.717) is 19.0 Å². The lowest BCUT2D eigenvalue weighted by molar-refractivity contribution is -0.142. The zero-order valence-corrected chi connectivity index (χ0v) is 22.2. The number of carbonyl (C=O) groups is 3. The van der Waals surface area contributed by atoms with Gasteiger partial charge in [0.1, 0.15) is 12.2 Å².